The zero-order valence-corrected chi connectivity index (χ0v) is 10.8. The minimum absolute atomic E-state index is 0.141. The number of amides is 1. The lowest BCUT2D eigenvalue weighted by atomic mass is 9.86. The molecular formula is C14H18N4O. The average Bonchev–Trinajstić information content (AvgIpc) is 3.03. The van der Waals surface area contributed by atoms with Crippen molar-refractivity contribution in [1.82, 2.24) is 19.4 Å². The second kappa shape index (κ2) is 5.30. The summed E-state index contributed by atoms with van der Waals surface area (Å²) in [6.45, 7) is 0.747. The fourth-order valence-electron chi connectivity index (χ4n) is 2.48. The summed E-state index contributed by atoms with van der Waals surface area (Å²) < 4.78 is 4.14. The van der Waals surface area contributed by atoms with Gasteiger partial charge in [-0.25, -0.2) is 4.98 Å². The Balaban J connectivity index is 1.38. The smallest absolute Gasteiger partial charge is 0.222 e. The number of nitrogens with zero attached hydrogens (tertiary/aromatic N) is 3. The Kier molecular flexibility index (Phi) is 3.35. The van der Waals surface area contributed by atoms with E-state index in [1.807, 2.05) is 41.6 Å². The van der Waals surface area contributed by atoms with Crippen molar-refractivity contribution in [1.29, 1.82) is 0 Å². The summed E-state index contributed by atoms with van der Waals surface area (Å²) in [5.41, 5.74) is 0. The fourth-order valence-corrected chi connectivity index (χ4v) is 2.48. The lowest BCUT2D eigenvalue weighted by Crippen LogP contribution is -2.44. The van der Waals surface area contributed by atoms with E-state index in [0.29, 0.717) is 18.5 Å². The fraction of sp³-hybridized carbons (Fsp3) is 0.429. The molecule has 0 unspecified atom stereocenters. The molecule has 100 valence electrons. The van der Waals surface area contributed by atoms with Gasteiger partial charge in [0.05, 0.1) is 6.33 Å². The minimum Gasteiger partial charge on any atom is -0.354 e. The van der Waals surface area contributed by atoms with Crippen LogP contribution in [0.25, 0.3) is 0 Å². The average molecular weight is 258 g/mol. The highest BCUT2D eigenvalue weighted by Crippen LogP contribution is 2.31. The second-order valence-electron chi connectivity index (χ2n) is 5.07. The molecule has 19 heavy (non-hydrogen) atoms. The Hall–Kier alpha value is -2.04. The Morgan fingerprint density at radius 1 is 1.26 bits per heavy atom. The van der Waals surface area contributed by atoms with Crippen LogP contribution in [0, 0.1) is 0 Å². The van der Waals surface area contributed by atoms with Crippen LogP contribution >= 0.6 is 0 Å². The first-order chi connectivity index (χ1) is 9.31. The van der Waals surface area contributed by atoms with Crippen LogP contribution in [0.1, 0.15) is 25.3 Å². The van der Waals surface area contributed by atoms with E-state index in [1.165, 1.54) is 0 Å². The molecule has 0 aliphatic heterocycles. The standard InChI is InChI=1S/C14H18N4O/c19-14(3-7-17-5-1-2-6-17)16-12-9-13(10-12)18-8-4-15-11-18/h1-2,4-6,8,11-13H,3,7,9-10H2,(H,16,19). The van der Waals surface area contributed by atoms with Gasteiger partial charge < -0.3 is 14.5 Å². The molecule has 1 N–H and O–H groups in total. The van der Waals surface area contributed by atoms with Crippen molar-refractivity contribution in [2.45, 2.75) is 37.9 Å². The largest absolute Gasteiger partial charge is 0.354 e. The van der Waals surface area contributed by atoms with Crippen LogP contribution in [0.5, 0.6) is 0 Å². The first-order valence-corrected chi connectivity index (χ1v) is 6.69. The lowest BCUT2D eigenvalue weighted by molar-refractivity contribution is -0.122. The highest BCUT2D eigenvalue weighted by atomic mass is 16.1. The van der Waals surface area contributed by atoms with E-state index in [0.717, 1.165) is 19.4 Å². The number of carbonyl (C=O) groups is 1. The van der Waals surface area contributed by atoms with Crippen molar-refractivity contribution in [3.05, 3.63) is 43.2 Å². The zero-order chi connectivity index (χ0) is 13.1. The maximum atomic E-state index is 11.8. The Morgan fingerprint density at radius 2 is 2.05 bits per heavy atom. The van der Waals surface area contributed by atoms with Crippen molar-refractivity contribution in [2.75, 3.05) is 0 Å². The van der Waals surface area contributed by atoms with Crippen LogP contribution in [0.3, 0.4) is 0 Å². The molecule has 1 amide bonds. The lowest BCUT2D eigenvalue weighted by Gasteiger charge is -2.36. The summed E-state index contributed by atoms with van der Waals surface area (Å²) in [5.74, 6) is 0.141. The number of aryl methyl sites for hydroxylation is 1. The molecule has 1 saturated carbocycles. The van der Waals surface area contributed by atoms with E-state index in [9.17, 15) is 4.79 Å². The van der Waals surface area contributed by atoms with Crippen molar-refractivity contribution < 1.29 is 4.79 Å². The van der Waals surface area contributed by atoms with Crippen LogP contribution < -0.4 is 5.32 Å². The third kappa shape index (κ3) is 2.86. The molecule has 5 nitrogen and oxygen atoms in total. The summed E-state index contributed by atoms with van der Waals surface area (Å²) in [5, 5.41) is 3.08. The number of carbonyl (C=O) groups excluding carboxylic acids is 1. The van der Waals surface area contributed by atoms with Gasteiger partial charge >= 0.3 is 0 Å². The van der Waals surface area contributed by atoms with Crippen molar-refractivity contribution in [3.8, 4) is 0 Å². The summed E-state index contributed by atoms with van der Waals surface area (Å²) >= 11 is 0. The van der Waals surface area contributed by atoms with Crippen LogP contribution in [0.2, 0.25) is 0 Å². The number of rotatable bonds is 5. The van der Waals surface area contributed by atoms with E-state index in [-0.39, 0.29) is 5.91 Å². The molecule has 3 rings (SSSR count). The first kappa shape index (κ1) is 12.0. The normalized spacial score (nSPS) is 21.9. The van der Waals surface area contributed by atoms with Crippen LogP contribution in [0.4, 0.5) is 0 Å². The Morgan fingerprint density at radius 3 is 2.74 bits per heavy atom. The van der Waals surface area contributed by atoms with Crippen LogP contribution in [0.15, 0.2) is 43.2 Å². The van der Waals surface area contributed by atoms with Crippen LogP contribution in [-0.2, 0) is 11.3 Å². The Bertz CT molecular complexity index is 512. The maximum Gasteiger partial charge on any atom is 0.222 e. The molecule has 0 bridgehead atoms. The second-order valence-corrected chi connectivity index (χ2v) is 5.07. The molecule has 2 aromatic rings. The van der Waals surface area contributed by atoms with Gasteiger partial charge in [-0.3, -0.25) is 4.79 Å². The first-order valence-electron chi connectivity index (χ1n) is 6.69. The van der Waals surface area contributed by atoms with Crippen molar-refractivity contribution in [3.63, 3.8) is 0 Å². The predicted molar refractivity (Wildman–Crippen MR) is 71.5 cm³/mol. The zero-order valence-electron chi connectivity index (χ0n) is 10.8. The maximum absolute atomic E-state index is 11.8. The van der Waals surface area contributed by atoms with E-state index in [4.69, 9.17) is 0 Å². The molecule has 0 radical (unpaired) electrons. The molecule has 0 spiro atoms. The molecule has 1 aliphatic rings. The summed E-state index contributed by atoms with van der Waals surface area (Å²) in [6, 6.07) is 4.76. The summed E-state index contributed by atoms with van der Waals surface area (Å²) in [7, 11) is 0. The molecule has 1 aliphatic carbocycles. The van der Waals surface area contributed by atoms with Gasteiger partial charge in [0.2, 0.25) is 5.91 Å². The number of hydrogen-bond acceptors (Lipinski definition) is 2. The third-order valence-corrected chi connectivity index (χ3v) is 3.69. The molecule has 2 aromatic heterocycles. The molecule has 5 heteroatoms. The molecule has 1 fully saturated rings. The molecule has 0 atom stereocenters. The van der Waals surface area contributed by atoms with Gasteiger partial charge in [-0.05, 0) is 25.0 Å². The number of aromatic nitrogens is 3. The predicted octanol–water partition coefficient (Wildman–Crippen LogP) is 1.59. The van der Waals surface area contributed by atoms with E-state index >= 15 is 0 Å². The topological polar surface area (TPSA) is 51.9 Å². The van der Waals surface area contributed by atoms with Gasteiger partial charge in [-0.15, -0.1) is 0 Å². The molecule has 0 aromatic carbocycles. The van der Waals surface area contributed by atoms with Crippen LogP contribution in [-0.4, -0.2) is 26.1 Å². The summed E-state index contributed by atoms with van der Waals surface area (Å²) in [4.78, 5) is 15.8. The number of hydrogen-bond donors (Lipinski definition) is 1. The van der Waals surface area contributed by atoms with Gasteiger partial charge in [0.25, 0.3) is 0 Å². The highest BCUT2D eigenvalue weighted by molar-refractivity contribution is 5.76. The van der Waals surface area contributed by atoms with E-state index < -0.39 is 0 Å². The van der Waals surface area contributed by atoms with Gasteiger partial charge in [0, 0.05) is 49.8 Å². The van der Waals surface area contributed by atoms with Gasteiger partial charge in [0.15, 0.2) is 0 Å². The number of nitrogens with one attached hydrogen (secondary N) is 1. The van der Waals surface area contributed by atoms with Gasteiger partial charge in [-0.2, -0.15) is 0 Å². The molecule has 0 saturated heterocycles. The molecule has 2 heterocycles. The summed E-state index contributed by atoms with van der Waals surface area (Å²) in [6.07, 6.45) is 12.1. The monoisotopic (exact) mass is 258 g/mol. The minimum atomic E-state index is 0.141. The van der Waals surface area contributed by atoms with E-state index in [2.05, 4.69) is 14.9 Å². The highest BCUT2D eigenvalue weighted by Gasteiger charge is 2.30. The van der Waals surface area contributed by atoms with Crippen molar-refractivity contribution >= 4 is 5.91 Å². The molecular weight excluding hydrogens is 240 g/mol. The van der Waals surface area contributed by atoms with Gasteiger partial charge in [0.1, 0.15) is 0 Å². The van der Waals surface area contributed by atoms with Gasteiger partial charge in [-0.1, -0.05) is 0 Å². The van der Waals surface area contributed by atoms with E-state index in [1.54, 1.807) is 6.20 Å². The number of imidazole rings is 1. The Labute approximate surface area is 112 Å². The van der Waals surface area contributed by atoms with Crippen molar-refractivity contribution in [2.24, 2.45) is 0 Å². The third-order valence-electron chi connectivity index (χ3n) is 3.69. The SMILES string of the molecule is O=C(CCn1cccc1)NC1CC(n2ccnc2)C1. The quantitative estimate of drug-likeness (QED) is 0.885.